The molecule has 1 rings (SSSR count). The van der Waals surface area contributed by atoms with Crippen LogP contribution in [0.15, 0.2) is 24.3 Å². The molecule has 0 spiro atoms. The molecule has 0 amide bonds. The monoisotopic (exact) mass is 214 g/mol. The van der Waals surface area contributed by atoms with Crippen LogP contribution in [-0.2, 0) is 16.0 Å². The Hall–Kier alpha value is -1.78. The van der Waals surface area contributed by atoms with E-state index in [4.69, 9.17) is 5.11 Å². The number of carboxylic acids is 1. The molecule has 5 heteroatoms. The molecular formula is C10H8F2O3. The van der Waals surface area contributed by atoms with Crippen molar-refractivity contribution < 1.29 is 23.5 Å². The van der Waals surface area contributed by atoms with Gasteiger partial charge in [0.05, 0.1) is 0 Å². The van der Waals surface area contributed by atoms with Gasteiger partial charge in [0, 0.05) is 12.0 Å². The predicted molar refractivity (Wildman–Crippen MR) is 47.7 cm³/mol. The summed E-state index contributed by atoms with van der Waals surface area (Å²) >= 11 is 0. The van der Waals surface area contributed by atoms with Gasteiger partial charge >= 0.3 is 5.97 Å². The van der Waals surface area contributed by atoms with Crippen molar-refractivity contribution in [2.24, 2.45) is 0 Å². The summed E-state index contributed by atoms with van der Waals surface area (Å²) in [6.07, 6.45) is -2.84. The Morgan fingerprint density at radius 2 is 1.73 bits per heavy atom. The van der Waals surface area contributed by atoms with Crippen molar-refractivity contribution in [1.29, 1.82) is 0 Å². The van der Waals surface area contributed by atoms with Crippen LogP contribution >= 0.6 is 0 Å². The molecule has 0 fully saturated rings. The van der Waals surface area contributed by atoms with Crippen LogP contribution < -0.4 is 0 Å². The van der Waals surface area contributed by atoms with E-state index in [-0.39, 0.29) is 12.0 Å². The van der Waals surface area contributed by atoms with E-state index < -0.39 is 18.2 Å². The number of carboxylic acid groups (broad SMARTS) is 1. The van der Waals surface area contributed by atoms with Crippen LogP contribution in [0.3, 0.4) is 0 Å². The average Bonchev–Trinajstić information content (AvgIpc) is 2.18. The van der Waals surface area contributed by atoms with Crippen molar-refractivity contribution in [3.05, 3.63) is 35.4 Å². The summed E-state index contributed by atoms with van der Waals surface area (Å²) in [6, 6.07) is 4.99. The van der Waals surface area contributed by atoms with Crippen molar-refractivity contribution in [1.82, 2.24) is 0 Å². The number of alkyl halides is 2. The predicted octanol–water partition coefficient (Wildman–Crippen LogP) is 1.82. The van der Waals surface area contributed by atoms with E-state index in [9.17, 15) is 18.4 Å². The molecule has 0 aromatic heterocycles. The molecular weight excluding hydrogens is 206 g/mol. The zero-order valence-electron chi connectivity index (χ0n) is 7.61. The van der Waals surface area contributed by atoms with Crippen molar-refractivity contribution in [3.63, 3.8) is 0 Å². The molecule has 0 aliphatic rings. The number of aliphatic carboxylic acids is 1. The zero-order valence-corrected chi connectivity index (χ0v) is 7.61. The van der Waals surface area contributed by atoms with Crippen LogP contribution in [0.2, 0.25) is 0 Å². The van der Waals surface area contributed by atoms with Gasteiger partial charge < -0.3 is 5.11 Å². The van der Waals surface area contributed by atoms with Crippen LogP contribution in [0.25, 0.3) is 0 Å². The van der Waals surface area contributed by atoms with Gasteiger partial charge in [0.2, 0.25) is 5.78 Å². The Morgan fingerprint density at radius 1 is 1.20 bits per heavy atom. The van der Waals surface area contributed by atoms with Crippen LogP contribution in [0.1, 0.15) is 17.6 Å². The van der Waals surface area contributed by atoms with Crippen LogP contribution in [0.5, 0.6) is 0 Å². The second-order valence-corrected chi connectivity index (χ2v) is 2.95. The molecule has 0 aliphatic heterocycles. The number of carbonyl (C=O) groups is 2. The molecule has 1 aromatic carbocycles. The number of ketones is 1. The summed E-state index contributed by atoms with van der Waals surface area (Å²) in [5, 5.41) is 8.32. The summed E-state index contributed by atoms with van der Waals surface area (Å²) in [4.78, 5) is 21.0. The van der Waals surface area contributed by atoms with Crippen LogP contribution in [-0.4, -0.2) is 16.9 Å². The van der Waals surface area contributed by atoms with Crippen molar-refractivity contribution >= 4 is 11.8 Å². The Labute approximate surface area is 84.3 Å². The minimum Gasteiger partial charge on any atom is -0.475 e. The summed E-state index contributed by atoms with van der Waals surface area (Å²) in [5.41, 5.74) is 0.258. The molecule has 80 valence electrons. The Bertz CT molecular complexity index is 371. The third kappa shape index (κ3) is 3.12. The summed E-state index contributed by atoms with van der Waals surface area (Å²) in [5.74, 6) is -2.48. The van der Waals surface area contributed by atoms with Crippen LogP contribution in [0, 0.1) is 0 Å². The third-order valence-corrected chi connectivity index (χ3v) is 1.83. The number of Topliss-reactive ketones (excluding diaryl/α,β-unsaturated/α-hetero) is 1. The maximum Gasteiger partial charge on any atom is 0.372 e. The van der Waals surface area contributed by atoms with E-state index in [1.54, 1.807) is 0 Å². The van der Waals surface area contributed by atoms with E-state index in [0.29, 0.717) is 5.56 Å². The van der Waals surface area contributed by atoms with E-state index >= 15 is 0 Å². The van der Waals surface area contributed by atoms with Gasteiger partial charge in [-0.3, -0.25) is 4.79 Å². The Morgan fingerprint density at radius 3 is 2.13 bits per heavy atom. The highest BCUT2D eigenvalue weighted by atomic mass is 19.3. The third-order valence-electron chi connectivity index (χ3n) is 1.83. The lowest BCUT2D eigenvalue weighted by molar-refractivity contribution is -0.148. The first kappa shape index (κ1) is 11.3. The van der Waals surface area contributed by atoms with Gasteiger partial charge in [-0.15, -0.1) is 0 Å². The second-order valence-electron chi connectivity index (χ2n) is 2.95. The van der Waals surface area contributed by atoms with Gasteiger partial charge in [-0.1, -0.05) is 24.3 Å². The normalized spacial score (nSPS) is 10.3. The molecule has 15 heavy (non-hydrogen) atoms. The van der Waals surface area contributed by atoms with Gasteiger partial charge in [-0.25, -0.2) is 13.6 Å². The molecule has 0 radical (unpaired) electrons. The molecule has 0 aliphatic carbocycles. The van der Waals surface area contributed by atoms with Crippen molar-refractivity contribution in [2.45, 2.75) is 12.8 Å². The number of halogens is 2. The fraction of sp³-hybridized carbons (Fsp3) is 0.200. The topological polar surface area (TPSA) is 54.4 Å². The Balaban J connectivity index is 2.73. The highest BCUT2D eigenvalue weighted by molar-refractivity contribution is 6.33. The molecule has 1 aromatic rings. The standard InChI is InChI=1S/C10H8F2O3/c11-9(12)7-3-1-6(2-4-7)5-8(13)10(14)15/h1-4,9H,5H2,(H,14,15). The quantitative estimate of drug-likeness (QED) is 0.778. The van der Waals surface area contributed by atoms with Gasteiger partial charge in [0.1, 0.15) is 0 Å². The smallest absolute Gasteiger partial charge is 0.372 e. The molecule has 1 N–H and O–H groups in total. The zero-order chi connectivity index (χ0) is 11.4. The molecule has 0 heterocycles. The van der Waals surface area contributed by atoms with E-state index in [1.807, 2.05) is 0 Å². The van der Waals surface area contributed by atoms with Gasteiger partial charge in [-0.2, -0.15) is 0 Å². The second kappa shape index (κ2) is 4.63. The summed E-state index contributed by atoms with van der Waals surface area (Å²) in [6.45, 7) is 0. The first-order chi connectivity index (χ1) is 7.00. The molecule has 3 nitrogen and oxygen atoms in total. The molecule has 0 unspecified atom stereocenters. The fourth-order valence-corrected chi connectivity index (χ4v) is 1.04. The number of rotatable bonds is 4. The van der Waals surface area contributed by atoms with Gasteiger partial charge in [-0.05, 0) is 5.56 Å². The summed E-state index contributed by atoms with van der Waals surface area (Å²) in [7, 11) is 0. The first-order valence-corrected chi connectivity index (χ1v) is 4.14. The fourth-order valence-electron chi connectivity index (χ4n) is 1.04. The lowest BCUT2D eigenvalue weighted by Crippen LogP contribution is -2.14. The van der Waals surface area contributed by atoms with E-state index in [1.165, 1.54) is 24.3 Å². The molecule has 0 saturated carbocycles. The minimum absolute atomic E-state index is 0.151. The number of benzene rings is 1. The number of carbonyl (C=O) groups excluding carboxylic acids is 1. The van der Waals surface area contributed by atoms with Gasteiger partial charge in [0.15, 0.2) is 0 Å². The molecule has 0 atom stereocenters. The van der Waals surface area contributed by atoms with Gasteiger partial charge in [0.25, 0.3) is 6.43 Å². The Kier molecular flexibility index (Phi) is 3.49. The molecule has 0 saturated heterocycles. The average molecular weight is 214 g/mol. The van der Waals surface area contributed by atoms with Crippen molar-refractivity contribution in [3.8, 4) is 0 Å². The van der Waals surface area contributed by atoms with E-state index in [0.717, 1.165) is 0 Å². The lowest BCUT2D eigenvalue weighted by Gasteiger charge is -2.01. The first-order valence-electron chi connectivity index (χ1n) is 4.14. The largest absolute Gasteiger partial charge is 0.475 e. The number of hydrogen-bond donors (Lipinski definition) is 1. The highest BCUT2D eigenvalue weighted by Crippen LogP contribution is 2.18. The lowest BCUT2D eigenvalue weighted by atomic mass is 10.1. The number of hydrogen-bond acceptors (Lipinski definition) is 2. The van der Waals surface area contributed by atoms with Crippen LogP contribution in [0.4, 0.5) is 8.78 Å². The van der Waals surface area contributed by atoms with E-state index in [2.05, 4.69) is 0 Å². The molecule has 0 bridgehead atoms. The maximum absolute atomic E-state index is 12.1. The van der Waals surface area contributed by atoms with Crippen molar-refractivity contribution in [2.75, 3.05) is 0 Å². The summed E-state index contributed by atoms with van der Waals surface area (Å²) < 4.78 is 24.3. The maximum atomic E-state index is 12.1. The minimum atomic E-state index is -2.56. The SMILES string of the molecule is O=C(O)C(=O)Cc1ccc(C(F)F)cc1. The highest BCUT2D eigenvalue weighted by Gasteiger charge is 2.12.